The number of rotatable bonds is 16. The molecule has 0 aromatic heterocycles. The quantitative estimate of drug-likeness (QED) is 0.108. The lowest BCUT2D eigenvalue weighted by Gasteiger charge is -2.26. The summed E-state index contributed by atoms with van der Waals surface area (Å²) in [6, 6.07) is 2.18. The fraction of sp³-hybridized carbons (Fsp3) is 0.583. The number of aromatic hydroxyl groups is 1. The fourth-order valence-electron chi connectivity index (χ4n) is 3.45. The lowest BCUT2D eigenvalue weighted by atomic mass is 10.0. The summed E-state index contributed by atoms with van der Waals surface area (Å²) >= 11 is 3.95. The van der Waals surface area contributed by atoms with E-state index in [2.05, 4.69) is 28.6 Å². The number of carbonyl (C=O) groups excluding carboxylic acids is 3. The SMILES string of the molecule is CC(C)CC(NC(=O)C(N)Cc1ccc(O)cc1)C(=O)NC(CCCCN)C(=O)NC(CS)C(=O)O. The van der Waals surface area contributed by atoms with Crippen LogP contribution < -0.4 is 27.4 Å². The number of phenols is 1. The first-order valence-electron chi connectivity index (χ1n) is 12.0. The van der Waals surface area contributed by atoms with Crippen LogP contribution in [-0.2, 0) is 25.6 Å². The number of hydrogen-bond donors (Lipinski definition) is 8. The second-order valence-corrected chi connectivity index (χ2v) is 9.46. The van der Waals surface area contributed by atoms with Crippen LogP contribution in [-0.4, -0.2) is 70.4 Å². The summed E-state index contributed by atoms with van der Waals surface area (Å²) < 4.78 is 0. The molecule has 3 amide bonds. The molecule has 0 fully saturated rings. The maximum Gasteiger partial charge on any atom is 0.327 e. The molecule has 1 rings (SSSR count). The van der Waals surface area contributed by atoms with Crippen LogP contribution in [0.1, 0.15) is 45.1 Å². The van der Waals surface area contributed by atoms with Crippen molar-refractivity contribution in [3.8, 4) is 5.75 Å². The number of amides is 3. The maximum atomic E-state index is 13.1. The number of nitrogens with one attached hydrogen (secondary N) is 3. The number of aliphatic carboxylic acids is 1. The van der Waals surface area contributed by atoms with Crippen LogP contribution in [0.2, 0.25) is 0 Å². The third-order valence-corrected chi connectivity index (χ3v) is 5.81. The molecule has 36 heavy (non-hydrogen) atoms. The van der Waals surface area contributed by atoms with Gasteiger partial charge in [0.1, 0.15) is 23.9 Å². The normalized spacial score (nSPS) is 14.4. The smallest absolute Gasteiger partial charge is 0.327 e. The van der Waals surface area contributed by atoms with E-state index in [1.807, 2.05) is 13.8 Å². The molecule has 1 aromatic rings. The molecule has 0 aliphatic rings. The Bertz CT molecular complexity index is 867. The van der Waals surface area contributed by atoms with Gasteiger partial charge in [0, 0.05) is 5.75 Å². The molecule has 0 saturated heterocycles. The van der Waals surface area contributed by atoms with E-state index in [0.717, 1.165) is 5.56 Å². The van der Waals surface area contributed by atoms with Gasteiger partial charge in [0.2, 0.25) is 17.7 Å². The molecule has 0 aliphatic carbocycles. The Morgan fingerprint density at radius 3 is 2.00 bits per heavy atom. The number of carbonyl (C=O) groups is 4. The lowest BCUT2D eigenvalue weighted by Crippen LogP contribution is -2.57. The Morgan fingerprint density at radius 1 is 0.917 bits per heavy atom. The van der Waals surface area contributed by atoms with E-state index in [4.69, 9.17) is 11.5 Å². The molecule has 12 heteroatoms. The molecule has 0 radical (unpaired) electrons. The van der Waals surface area contributed by atoms with Gasteiger partial charge < -0.3 is 37.6 Å². The minimum Gasteiger partial charge on any atom is -0.508 e. The van der Waals surface area contributed by atoms with Gasteiger partial charge in [-0.2, -0.15) is 12.6 Å². The first-order valence-corrected chi connectivity index (χ1v) is 12.6. The average Bonchev–Trinajstić information content (AvgIpc) is 2.82. The molecule has 11 nitrogen and oxygen atoms in total. The van der Waals surface area contributed by atoms with Crippen molar-refractivity contribution in [2.24, 2.45) is 17.4 Å². The van der Waals surface area contributed by atoms with Crippen LogP contribution in [0.4, 0.5) is 0 Å². The molecule has 4 unspecified atom stereocenters. The molecule has 0 aliphatic heterocycles. The molecule has 9 N–H and O–H groups in total. The minimum atomic E-state index is -1.24. The van der Waals surface area contributed by atoms with Crippen LogP contribution >= 0.6 is 12.6 Å². The van der Waals surface area contributed by atoms with Gasteiger partial charge in [0.15, 0.2) is 0 Å². The van der Waals surface area contributed by atoms with Gasteiger partial charge in [-0.1, -0.05) is 26.0 Å². The summed E-state index contributed by atoms with van der Waals surface area (Å²) in [5.74, 6) is -2.97. The number of benzene rings is 1. The second kappa shape index (κ2) is 16.0. The predicted molar refractivity (Wildman–Crippen MR) is 139 cm³/mol. The number of carboxylic acid groups (broad SMARTS) is 1. The van der Waals surface area contributed by atoms with Gasteiger partial charge >= 0.3 is 5.97 Å². The zero-order valence-corrected chi connectivity index (χ0v) is 21.7. The molecule has 0 saturated carbocycles. The summed E-state index contributed by atoms with van der Waals surface area (Å²) in [5.41, 5.74) is 12.3. The number of carboxylic acids is 1. The van der Waals surface area contributed by atoms with E-state index in [1.54, 1.807) is 12.1 Å². The Balaban J connectivity index is 2.93. The molecular weight excluding hydrogens is 486 g/mol. The van der Waals surface area contributed by atoms with Gasteiger partial charge in [-0.15, -0.1) is 0 Å². The highest BCUT2D eigenvalue weighted by Crippen LogP contribution is 2.12. The van der Waals surface area contributed by atoms with Crippen LogP contribution in [0.3, 0.4) is 0 Å². The number of hydrogen-bond acceptors (Lipinski definition) is 8. The highest BCUT2D eigenvalue weighted by molar-refractivity contribution is 7.80. The van der Waals surface area contributed by atoms with Gasteiger partial charge in [0.05, 0.1) is 6.04 Å². The standard InChI is InChI=1S/C24H39N5O6S/c1-14(2)11-19(28-21(31)17(26)12-15-6-8-16(30)9-7-15)23(33)27-18(5-3-4-10-25)22(32)29-20(13-36)24(34)35/h6-9,14,17-20,30,36H,3-5,10-13,25-26H2,1-2H3,(H,27,33)(H,28,31)(H,29,32)(H,34,35). The molecule has 1 aromatic carbocycles. The molecular formula is C24H39N5O6S. The van der Waals surface area contributed by atoms with Crippen molar-refractivity contribution >= 4 is 36.3 Å². The molecule has 202 valence electrons. The third-order valence-electron chi connectivity index (χ3n) is 5.45. The van der Waals surface area contributed by atoms with E-state index in [1.165, 1.54) is 12.1 Å². The molecule has 0 heterocycles. The highest BCUT2D eigenvalue weighted by atomic mass is 32.1. The number of unbranched alkanes of at least 4 members (excludes halogenated alkanes) is 1. The Kier molecular flexibility index (Phi) is 13.9. The van der Waals surface area contributed by atoms with Crippen molar-refractivity contribution in [1.29, 1.82) is 0 Å². The zero-order chi connectivity index (χ0) is 27.3. The Hall–Kier alpha value is -2.83. The summed E-state index contributed by atoms with van der Waals surface area (Å²) in [5, 5.41) is 26.3. The monoisotopic (exact) mass is 525 g/mol. The fourth-order valence-corrected chi connectivity index (χ4v) is 3.70. The van der Waals surface area contributed by atoms with Crippen molar-refractivity contribution in [2.75, 3.05) is 12.3 Å². The van der Waals surface area contributed by atoms with Gasteiger partial charge in [-0.3, -0.25) is 14.4 Å². The van der Waals surface area contributed by atoms with E-state index in [-0.39, 0.29) is 30.3 Å². The first kappa shape index (κ1) is 31.2. The third kappa shape index (κ3) is 11.3. The first-order chi connectivity index (χ1) is 17.0. The van der Waals surface area contributed by atoms with E-state index >= 15 is 0 Å². The van der Waals surface area contributed by atoms with Crippen LogP contribution in [0.25, 0.3) is 0 Å². The van der Waals surface area contributed by atoms with Crippen molar-refractivity contribution in [1.82, 2.24) is 16.0 Å². The summed E-state index contributed by atoms with van der Waals surface area (Å²) in [6.45, 7) is 4.18. The summed E-state index contributed by atoms with van der Waals surface area (Å²) in [4.78, 5) is 50.0. The Morgan fingerprint density at radius 2 is 1.47 bits per heavy atom. The Labute approximate surface area is 217 Å². The van der Waals surface area contributed by atoms with Gasteiger partial charge in [-0.25, -0.2) is 4.79 Å². The summed E-state index contributed by atoms with van der Waals surface area (Å²) in [7, 11) is 0. The van der Waals surface area contributed by atoms with Crippen molar-refractivity contribution < 1.29 is 29.4 Å². The number of nitrogens with two attached hydrogens (primary N) is 2. The largest absolute Gasteiger partial charge is 0.508 e. The van der Waals surface area contributed by atoms with Crippen molar-refractivity contribution in [2.45, 2.75) is 70.1 Å². The predicted octanol–water partition coefficient (Wildman–Crippen LogP) is -0.0941. The topological polar surface area (TPSA) is 197 Å². The second-order valence-electron chi connectivity index (χ2n) is 9.10. The highest BCUT2D eigenvalue weighted by Gasteiger charge is 2.30. The van der Waals surface area contributed by atoms with Crippen molar-refractivity contribution in [3.05, 3.63) is 29.8 Å². The lowest BCUT2D eigenvalue weighted by molar-refractivity contribution is -0.141. The van der Waals surface area contributed by atoms with Crippen LogP contribution in [0.15, 0.2) is 24.3 Å². The zero-order valence-electron chi connectivity index (χ0n) is 20.8. The minimum absolute atomic E-state index is 0.0412. The van der Waals surface area contributed by atoms with Crippen LogP contribution in [0, 0.1) is 5.92 Å². The molecule has 0 spiro atoms. The average molecular weight is 526 g/mol. The van der Waals surface area contributed by atoms with Gasteiger partial charge in [0.25, 0.3) is 0 Å². The molecule has 0 bridgehead atoms. The van der Waals surface area contributed by atoms with E-state index in [0.29, 0.717) is 25.8 Å². The number of phenolic OH excluding ortho intramolecular Hbond substituents is 1. The van der Waals surface area contributed by atoms with Crippen LogP contribution in [0.5, 0.6) is 5.75 Å². The summed E-state index contributed by atoms with van der Waals surface area (Å²) in [6.07, 6.45) is 1.90. The number of thiol groups is 1. The van der Waals surface area contributed by atoms with E-state index in [9.17, 15) is 29.4 Å². The van der Waals surface area contributed by atoms with Gasteiger partial charge in [-0.05, 0) is 62.3 Å². The molecule has 4 atom stereocenters. The van der Waals surface area contributed by atoms with E-state index < -0.39 is 47.9 Å². The van der Waals surface area contributed by atoms with Crippen molar-refractivity contribution in [3.63, 3.8) is 0 Å². The maximum absolute atomic E-state index is 13.1.